The minimum Gasteiger partial charge on any atom is -0.357 e. The molecule has 0 saturated heterocycles. The van der Waals surface area contributed by atoms with E-state index in [9.17, 15) is 0 Å². The van der Waals surface area contributed by atoms with E-state index >= 15 is 0 Å². The lowest BCUT2D eigenvalue weighted by Gasteiger charge is -2.22. The van der Waals surface area contributed by atoms with Gasteiger partial charge in [0.15, 0.2) is 0 Å². The average Bonchev–Trinajstić information content (AvgIpc) is 3.04. The van der Waals surface area contributed by atoms with E-state index < -0.39 is 0 Å². The summed E-state index contributed by atoms with van der Waals surface area (Å²) >= 11 is 1.72. The monoisotopic (exact) mass is 299 g/mol. The second-order valence-corrected chi connectivity index (χ2v) is 7.36. The molecule has 1 N–H and O–H groups in total. The summed E-state index contributed by atoms with van der Waals surface area (Å²) in [7, 11) is 0. The van der Waals surface area contributed by atoms with Crippen LogP contribution in [0.5, 0.6) is 0 Å². The Balaban J connectivity index is 1.57. The zero-order chi connectivity index (χ0) is 14.2. The minimum atomic E-state index is 0.565. The second kappa shape index (κ2) is 5.41. The van der Waals surface area contributed by atoms with Crippen molar-refractivity contribution in [2.75, 3.05) is 5.32 Å². The number of nitrogens with one attached hydrogen (secondary N) is 1. The first-order valence-corrected chi connectivity index (χ1v) is 8.81. The maximum atomic E-state index is 4.31. The summed E-state index contributed by atoms with van der Waals surface area (Å²) in [5.41, 5.74) is 3.12. The highest BCUT2D eigenvalue weighted by molar-refractivity contribution is 7.15. The number of nitrogens with zero attached hydrogens (tertiary/aromatic N) is 2. The van der Waals surface area contributed by atoms with Gasteiger partial charge < -0.3 is 5.32 Å². The molecule has 2 aliphatic carbocycles. The average molecular weight is 299 g/mol. The fourth-order valence-corrected chi connectivity index (χ4v) is 4.71. The largest absolute Gasteiger partial charge is 0.357 e. The molecule has 1 aromatic carbocycles. The normalized spacial score (nSPS) is 27.2. The van der Waals surface area contributed by atoms with E-state index in [4.69, 9.17) is 0 Å². The van der Waals surface area contributed by atoms with Crippen LogP contribution in [0.25, 0.3) is 0 Å². The fraction of sp³-hybridized carbons (Fsp3) is 0.529. The topological polar surface area (TPSA) is 37.8 Å². The Morgan fingerprint density at radius 2 is 1.76 bits per heavy atom. The van der Waals surface area contributed by atoms with Gasteiger partial charge in [0.05, 0.1) is 0 Å². The number of benzene rings is 1. The number of aryl methyl sites for hydroxylation is 1. The first-order valence-electron chi connectivity index (χ1n) is 7.99. The molecule has 3 nitrogen and oxygen atoms in total. The molecule has 1 aromatic heterocycles. The molecule has 2 bridgehead atoms. The van der Waals surface area contributed by atoms with Crippen molar-refractivity contribution in [2.45, 2.75) is 45.1 Å². The molecule has 21 heavy (non-hydrogen) atoms. The van der Waals surface area contributed by atoms with Gasteiger partial charge in [0.2, 0.25) is 5.13 Å². The highest BCUT2D eigenvalue weighted by atomic mass is 32.1. The molecule has 4 rings (SSSR count). The van der Waals surface area contributed by atoms with Crippen molar-refractivity contribution >= 4 is 16.5 Å². The van der Waals surface area contributed by atoms with Crippen molar-refractivity contribution in [1.29, 1.82) is 0 Å². The molecule has 4 heteroatoms. The van der Waals surface area contributed by atoms with Gasteiger partial charge in [-0.25, -0.2) is 0 Å². The molecule has 2 unspecified atom stereocenters. The van der Waals surface area contributed by atoms with Crippen LogP contribution in [-0.2, 0) is 19.3 Å². The molecule has 110 valence electrons. The molecule has 2 aromatic rings. The Hall–Kier alpha value is -1.42. The van der Waals surface area contributed by atoms with Crippen LogP contribution < -0.4 is 5.32 Å². The Morgan fingerprint density at radius 1 is 1.10 bits per heavy atom. The van der Waals surface area contributed by atoms with Gasteiger partial charge in [-0.1, -0.05) is 42.5 Å². The maximum Gasteiger partial charge on any atom is 0.205 e. The highest BCUT2D eigenvalue weighted by Crippen LogP contribution is 2.41. The van der Waals surface area contributed by atoms with Gasteiger partial charge in [-0.05, 0) is 55.1 Å². The summed E-state index contributed by atoms with van der Waals surface area (Å²) in [4.78, 5) is 0. The molecule has 1 heterocycles. The molecule has 0 aliphatic heterocycles. The first kappa shape index (κ1) is 13.3. The van der Waals surface area contributed by atoms with Gasteiger partial charge in [0.1, 0.15) is 5.01 Å². The summed E-state index contributed by atoms with van der Waals surface area (Å²) in [5, 5.41) is 14.4. The molecule has 0 amide bonds. The van der Waals surface area contributed by atoms with Crippen LogP contribution in [-0.4, -0.2) is 16.2 Å². The predicted octanol–water partition coefficient (Wildman–Crippen LogP) is 3.71. The van der Waals surface area contributed by atoms with E-state index in [-0.39, 0.29) is 0 Å². The molecule has 1 saturated carbocycles. The van der Waals surface area contributed by atoms with Crippen LogP contribution in [0.1, 0.15) is 35.9 Å². The van der Waals surface area contributed by atoms with Crippen molar-refractivity contribution in [2.24, 2.45) is 11.8 Å². The maximum absolute atomic E-state index is 4.31. The SMILES string of the molecule is CCc1nnc(NC2C3CCC2Cc2ccccc2C3)s1. The molecular weight excluding hydrogens is 278 g/mol. The summed E-state index contributed by atoms with van der Waals surface area (Å²) in [5.74, 6) is 1.49. The van der Waals surface area contributed by atoms with Gasteiger partial charge in [0, 0.05) is 6.04 Å². The van der Waals surface area contributed by atoms with E-state index in [0.29, 0.717) is 6.04 Å². The number of hydrogen-bond donors (Lipinski definition) is 1. The second-order valence-electron chi connectivity index (χ2n) is 6.30. The van der Waals surface area contributed by atoms with E-state index in [1.165, 1.54) is 25.7 Å². The molecule has 0 radical (unpaired) electrons. The zero-order valence-corrected chi connectivity index (χ0v) is 13.2. The Morgan fingerprint density at radius 3 is 2.33 bits per heavy atom. The first-order chi connectivity index (χ1) is 10.3. The molecule has 2 atom stereocenters. The van der Waals surface area contributed by atoms with Crippen LogP contribution in [0.3, 0.4) is 0 Å². The summed E-state index contributed by atoms with van der Waals surface area (Å²) in [6.45, 7) is 2.14. The van der Waals surface area contributed by atoms with E-state index in [0.717, 1.165) is 28.4 Å². The van der Waals surface area contributed by atoms with Crippen LogP contribution >= 0.6 is 11.3 Å². The van der Waals surface area contributed by atoms with Crippen LogP contribution in [0.2, 0.25) is 0 Å². The van der Waals surface area contributed by atoms with Gasteiger partial charge in [-0.3, -0.25) is 0 Å². The van der Waals surface area contributed by atoms with E-state index in [2.05, 4.69) is 46.7 Å². The van der Waals surface area contributed by atoms with Crippen molar-refractivity contribution in [3.63, 3.8) is 0 Å². The standard InChI is InChI=1S/C17H21N3S/c1-2-15-19-20-17(21-15)18-16-13-7-8-14(16)10-12-6-4-3-5-11(12)9-13/h3-6,13-14,16H,2,7-10H2,1H3,(H,18,20). The number of hydrogen-bond acceptors (Lipinski definition) is 4. The lowest BCUT2D eigenvalue weighted by molar-refractivity contribution is 0.449. The van der Waals surface area contributed by atoms with Crippen LogP contribution in [0, 0.1) is 11.8 Å². The van der Waals surface area contributed by atoms with Crippen LogP contribution in [0.4, 0.5) is 5.13 Å². The van der Waals surface area contributed by atoms with Crippen molar-refractivity contribution in [1.82, 2.24) is 10.2 Å². The van der Waals surface area contributed by atoms with Gasteiger partial charge >= 0.3 is 0 Å². The summed E-state index contributed by atoms with van der Waals surface area (Å²) in [6, 6.07) is 9.55. The highest BCUT2D eigenvalue weighted by Gasteiger charge is 2.39. The van der Waals surface area contributed by atoms with Gasteiger partial charge in [-0.2, -0.15) is 0 Å². The smallest absolute Gasteiger partial charge is 0.205 e. The molecule has 0 spiro atoms. The quantitative estimate of drug-likeness (QED) is 0.939. The number of rotatable bonds is 3. The third-order valence-electron chi connectivity index (χ3n) is 5.07. The van der Waals surface area contributed by atoms with Gasteiger partial charge in [0.25, 0.3) is 0 Å². The Bertz CT molecular complexity index is 603. The Kier molecular flexibility index (Phi) is 3.42. The van der Waals surface area contributed by atoms with Crippen molar-refractivity contribution < 1.29 is 0 Å². The Labute approximate surface area is 129 Å². The third kappa shape index (κ3) is 2.46. The summed E-state index contributed by atoms with van der Waals surface area (Å²) < 4.78 is 0. The van der Waals surface area contributed by atoms with Crippen molar-refractivity contribution in [3.8, 4) is 0 Å². The van der Waals surface area contributed by atoms with Crippen molar-refractivity contribution in [3.05, 3.63) is 40.4 Å². The van der Waals surface area contributed by atoms with Gasteiger partial charge in [-0.15, -0.1) is 10.2 Å². The third-order valence-corrected chi connectivity index (χ3v) is 6.06. The minimum absolute atomic E-state index is 0.565. The predicted molar refractivity (Wildman–Crippen MR) is 86.8 cm³/mol. The van der Waals surface area contributed by atoms with E-state index in [1.54, 1.807) is 22.5 Å². The van der Waals surface area contributed by atoms with Crippen LogP contribution in [0.15, 0.2) is 24.3 Å². The molecule has 2 aliphatic rings. The fourth-order valence-electron chi connectivity index (χ4n) is 3.98. The lowest BCUT2D eigenvalue weighted by Crippen LogP contribution is -2.30. The molecule has 1 fully saturated rings. The summed E-state index contributed by atoms with van der Waals surface area (Å²) in [6.07, 6.45) is 6.09. The van der Waals surface area contributed by atoms with E-state index in [1.807, 2.05) is 0 Å². The number of anilines is 1. The zero-order valence-electron chi connectivity index (χ0n) is 12.4. The lowest BCUT2D eigenvalue weighted by atomic mass is 9.94. The number of fused-ring (bicyclic) bond motifs is 3. The molecular formula is C17H21N3S. The number of aromatic nitrogens is 2.